The van der Waals surface area contributed by atoms with Crippen molar-refractivity contribution in [2.75, 3.05) is 10.2 Å². The molecule has 1 unspecified atom stereocenters. The lowest BCUT2D eigenvalue weighted by Crippen LogP contribution is -2.34. The third-order valence-electron chi connectivity index (χ3n) is 4.25. The van der Waals surface area contributed by atoms with E-state index in [2.05, 4.69) is 5.32 Å². The van der Waals surface area contributed by atoms with Gasteiger partial charge in [-0.1, -0.05) is 18.2 Å². The fourth-order valence-corrected chi connectivity index (χ4v) is 2.82. The summed E-state index contributed by atoms with van der Waals surface area (Å²) in [5, 5.41) is 3.18. The lowest BCUT2D eigenvalue weighted by Gasteiger charge is -2.17. The first kappa shape index (κ1) is 15.3. The zero-order valence-electron chi connectivity index (χ0n) is 13.6. The highest BCUT2D eigenvalue weighted by Crippen LogP contribution is 2.26. The fourth-order valence-electron chi connectivity index (χ4n) is 2.82. The minimum Gasteiger partial charge on any atom is -0.373 e. The average Bonchev–Trinajstić information content (AvgIpc) is 2.77. The fraction of sp³-hybridized carbons (Fsp3) is 0.263. The quantitative estimate of drug-likeness (QED) is 0.885. The van der Waals surface area contributed by atoms with Crippen molar-refractivity contribution >= 4 is 23.2 Å². The normalized spacial score (nSPS) is 17.7. The van der Waals surface area contributed by atoms with E-state index in [1.807, 2.05) is 63.2 Å². The Morgan fingerprint density at radius 3 is 2.48 bits per heavy atom. The monoisotopic (exact) mass is 308 g/mol. The molecule has 1 N–H and O–H groups in total. The highest BCUT2D eigenvalue weighted by Gasteiger charge is 2.39. The van der Waals surface area contributed by atoms with Crippen molar-refractivity contribution in [3.63, 3.8) is 0 Å². The molecule has 1 aliphatic rings. The Bertz CT molecular complexity index is 783. The zero-order valence-corrected chi connectivity index (χ0v) is 13.6. The molecular formula is C19H20N2O2. The molecule has 3 rings (SSSR count). The van der Waals surface area contributed by atoms with Crippen LogP contribution in [0.3, 0.4) is 0 Å². The van der Waals surface area contributed by atoms with Gasteiger partial charge in [-0.2, -0.15) is 0 Å². The predicted octanol–water partition coefficient (Wildman–Crippen LogP) is 3.36. The van der Waals surface area contributed by atoms with Gasteiger partial charge in [-0.25, -0.2) is 4.90 Å². The van der Waals surface area contributed by atoms with Crippen molar-refractivity contribution in [3.05, 3.63) is 59.2 Å². The summed E-state index contributed by atoms with van der Waals surface area (Å²) in [6.45, 7) is 5.98. The summed E-state index contributed by atoms with van der Waals surface area (Å²) in [4.78, 5) is 26.3. The summed E-state index contributed by atoms with van der Waals surface area (Å²) in [5.41, 5.74) is 4.83. The zero-order chi connectivity index (χ0) is 16.6. The van der Waals surface area contributed by atoms with Gasteiger partial charge in [0.15, 0.2) is 0 Å². The number of rotatable bonds is 3. The van der Waals surface area contributed by atoms with Crippen molar-refractivity contribution < 1.29 is 9.59 Å². The topological polar surface area (TPSA) is 49.4 Å². The third kappa shape index (κ3) is 2.97. The van der Waals surface area contributed by atoms with Gasteiger partial charge in [0.05, 0.1) is 12.1 Å². The van der Waals surface area contributed by atoms with E-state index in [9.17, 15) is 9.59 Å². The molecule has 0 saturated carbocycles. The van der Waals surface area contributed by atoms with Crippen LogP contribution in [0.2, 0.25) is 0 Å². The molecule has 2 aromatic carbocycles. The number of carbonyl (C=O) groups is 2. The van der Waals surface area contributed by atoms with Gasteiger partial charge < -0.3 is 5.32 Å². The number of carbonyl (C=O) groups excluding carboxylic acids is 2. The van der Waals surface area contributed by atoms with E-state index in [1.54, 1.807) is 0 Å². The summed E-state index contributed by atoms with van der Waals surface area (Å²) in [6.07, 6.45) is 0.180. The minimum atomic E-state index is -0.508. The lowest BCUT2D eigenvalue weighted by molar-refractivity contribution is -0.121. The van der Waals surface area contributed by atoms with Crippen LogP contribution >= 0.6 is 0 Å². The molecule has 1 atom stereocenters. The van der Waals surface area contributed by atoms with Gasteiger partial charge in [0.1, 0.15) is 6.04 Å². The minimum absolute atomic E-state index is 0.164. The molecule has 2 amide bonds. The Morgan fingerprint density at radius 2 is 1.78 bits per heavy atom. The van der Waals surface area contributed by atoms with Crippen molar-refractivity contribution in [2.24, 2.45) is 0 Å². The Hall–Kier alpha value is -2.62. The number of hydrogen-bond acceptors (Lipinski definition) is 3. The molecule has 0 bridgehead atoms. The van der Waals surface area contributed by atoms with Crippen molar-refractivity contribution in [2.45, 2.75) is 33.2 Å². The van der Waals surface area contributed by atoms with Gasteiger partial charge >= 0.3 is 0 Å². The van der Waals surface area contributed by atoms with Gasteiger partial charge in [0, 0.05) is 5.69 Å². The second-order valence-electron chi connectivity index (χ2n) is 6.11. The largest absolute Gasteiger partial charge is 0.373 e. The van der Waals surface area contributed by atoms with E-state index in [4.69, 9.17) is 0 Å². The van der Waals surface area contributed by atoms with Gasteiger partial charge in [0.25, 0.3) is 5.91 Å². The lowest BCUT2D eigenvalue weighted by atomic mass is 10.1. The third-order valence-corrected chi connectivity index (χ3v) is 4.25. The van der Waals surface area contributed by atoms with Gasteiger partial charge in [0.2, 0.25) is 5.91 Å². The summed E-state index contributed by atoms with van der Waals surface area (Å²) in [7, 11) is 0. The Labute approximate surface area is 136 Å². The van der Waals surface area contributed by atoms with Crippen LogP contribution in [0.15, 0.2) is 42.5 Å². The first-order valence-corrected chi connectivity index (χ1v) is 7.73. The number of nitrogens with zero attached hydrogens (tertiary/aromatic N) is 1. The number of imide groups is 1. The van der Waals surface area contributed by atoms with Crippen LogP contribution in [0.25, 0.3) is 0 Å². The number of hydrogen-bond donors (Lipinski definition) is 1. The molecule has 4 heteroatoms. The van der Waals surface area contributed by atoms with Crippen LogP contribution < -0.4 is 10.2 Å². The number of benzene rings is 2. The molecular weight excluding hydrogens is 288 g/mol. The van der Waals surface area contributed by atoms with Crippen molar-refractivity contribution in [3.8, 4) is 0 Å². The van der Waals surface area contributed by atoms with Gasteiger partial charge in [-0.15, -0.1) is 0 Å². The highest BCUT2D eigenvalue weighted by molar-refractivity contribution is 6.23. The van der Waals surface area contributed by atoms with Crippen LogP contribution in [0, 0.1) is 20.8 Å². The van der Waals surface area contributed by atoms with E-state index in [0.717, 1.165) is 22.4 Å². The second kappa shape index (κ2) is 5.88. The van der Waals surface area contributed by atoms with Crippen molar-refractivity contribution in [1.82, 2.24) is 0 Å². The Balaban J connectivity index is 1.83. The Kier molecular flexibility index (Phi) is 3.90. The van der Waals surface area contributed by atoms with Crippen LogP contribution in [-0.4, -0.2) is 17.9 Å². The maximum Gasteiger partial charge on any atom is 0.256 e. The standard InChI is InChI=1S/C19H20N2O2/c1-12-5-4-6-15(9-12)20-17-11-18(22)21(19(17)23)16-8-7-13(2)14(3)10-16/h4-10,17,20H,11H2,1-3H3. The Morgan fingerprint density at radius 1 is 1.00 bits per heavy atom. The van der Waals surface area contributed by atoms with Crippen LogP contribution in [0.1, 0.15) is 23.1 Å². The van der Waals surface area contributed by atoms with Crippen LogP contribution in [0.4, 0.5) is 11.4 Å². The first-order chi connectivity index (χ1) is 11.0. The average molecular weight is 308 g/mol. The van der Waals surface area contributed by atoms with Crippen LogP contribution in [-0.2, 0) is 9.59 Å². The number of aryl methyl sites for hydroxylation is 3. The molecule has 0 aliphatic carbocycles. The summed E-state index contributed by atoms with van der Waals surface area (Å²) in [6, 6.07) is 12.9. The van der Waals surface area contributed by atoms with Gasteiger partial charge in [-0.3, -0.25) is 9.59 Å². The predicted molar refractivity (Wildman–Crippen MR) is 91.6 cm³/mol. The smallest absolute Gasteiger partial charge is 0.256 e. The summed E-state index contributed by atoms with van der Waals surface area (Å²) >= 11 is 0. The maximum atomic E-state index is 12.6. The summed E-state index contributed by atoms with van der Waals surface area (Å²) in [5.74, 6) is -0.358. The van der Waals surface area contributed by atoms with E-state index in [1.165, 1.54) is 4.90 Å². The molecule has 0 spiro atoms. The first-order valence-electron chi connectivity index (χ1n) is 7.73. The molecule has 0 radical (unpaired) electrons. The number of anilines is 2. The molecule has 1 saturated heterocycles. The molecule has 1 heterocycles. The molecule has 1 fully saturated rings. The summed E-state index contributed by atoms with van der Waals surface area (Å²) < 4.78 is 0. The number of nitrogens with one attached hydrogen (secondary N) is 1. The molecule has 1 aliphatic heterocycles. The molecule has 2 aromatic rings. The molecule has 4 nitrogen and oxygen atoms in total. The van der Waals surface area contributed by atoms with E-state index in [-0.39, 0.29) is 18.2 Å². The highest BCUT2D eigenvalue weighted by atomic mass is 16.2. The maximum absolute atomic E-state index is 12.6. The van der Waals surface area contributed by atoms with Crippen molar-refractivity contribution in [1.29, 1.82) is 0 Å². The second-order valence-corrected chi connectivity index (χ2v) is 6.11. The SMILES string of the molecule is Cc1cccc(NC2CC(=O)N(c3ccc(C)c(C)c3)C2=O)c1. The number of amides is 2. The van der Waals surface area contributed by atoms with Gasteiger partial charge in [-0.05, 0) is 61.7 Å². The van der Waals surface area contributed by atoms with E-state index in [0.29, 0.717) is 5.69 Å². The van der Waals surface area contributed by atoms with E-state index >= 15 is 0 Å². The molecule has 0 aromatic heterocycles. The molecule has 118 valence electrons. The van der Waals surface area contributed by atoms with E-state index < -0.39 is 6.04 Å². The van der Waals surface area contributed by atoms with Crippen LogP contribution in [0.5, 0.6) is 0 Å². The molecule has 23 heavy (non-hydrogen) atoms.